The quantitative estimate of drug-likeness (QED) is 0.511. The molecule has 3 N–H and O–H groups in total. The maximum atomic E-state index is 12.3. The highest BCUT2D eigenvalue weighted by Crippen LogP contribution is 2.40. The minimum absolute atomic E-state index is 0.168. The van der Waals surface area contributed by atoms with E-state index in [1.165, 1.54) is 32.1 Å². The van der Waals surface area contributed by atoms with Gasteiger partial charge in [-0.15, -0.1) is 0 Å². The Kier molecular flexibility index (Phi) is 6.24. The molecule has 2 unspecified atom stereocenters. The van der Waals surface area contributed by atoms with Gasteiger partial charge in [0.2, 0.25) is 5.91 Å². The zero-order valence-corrected chi connectivity index (χ0v) is 16.1. The van der Waals surface area contributed by atoms with Crippen LogP contribution in [-0.4, -0.2) is 37.5 Å². The minimum Gasteiger partial charge on any atom is -0.356 e. The number of rotatable bonds is 6. The van der Waals surface area contributed by atoms with E-state index in [-0.39, 0.29) is 11.8 Å². The van der Waals surface area contributed by atoms with Gasteiger partial charge in [0.15, 0.2) is 5.96 Å². The Morgan fingerprint density at radius 1 is 1.04 bits per heavy atom. The first-order chi connectivity index (χ1) is 12.1. The van der Waals surface area contributed by atoms with Crippen LogP contribution in [-0.2, 0) is 4.79 Å². The summed E-state index contributed by atoms with van der Waals surface area (Å²) in [5.74, 6) is 1.35. The zero-order valence-electron chi connectivity index (χ0n) is 16.1. The van der Waals surface area contributed by atoms with E-state index < -0.39 is 0 Å². The van der Waals surface area contributed by atoms with Crippen molar-refractivity contribution in [1.82, 2.24) is 16.0 Å². The maximum Gasteiger partial charge on any atom is 0.223 e. The van der Waals surface area contributed by atoms with Gasteiger partial charge in [-0.25, -0.2) is 0 Å². The van der Waals surface area contributed by atoms with Crippen LogP contribution in [0.15, 0.2) is 4.99 Å². The summed E-state index contributed by atoms with van der Waals surface area (Å²) in [6.45, 7) is 3.33. The molecule has 0 aliphatic heterocycles. The average Bonchev–Trinajstić information content (AvgIpc) is 3.33. The van der Waals surface area contributed by atoms with Crippen LogP contribution in [0.1, 0.15) is 77.6 Å². The van der Waals surface area contributed by atoms with Gasteiger partial charge in [-0.1, -0.05) is 26.2 Å². The first-order valence-electron chi connectivity index (χ1n) is 10.4. The standard InChI is InChI=1S/C20H36N4O/c1-3-20(11-4-5-12-20)14-22-19(21-2)24-17-8-6-7-15(13-17)18(25)23-16-9-10-16/h15-17H,3-14H2,1-2H3,(H,23,25)(H2,21,22,24). The highest BCUT2D eigenvalue weighted by molar-refractivity contribution is 5.81. The largest absolute Gasteiger partial charge is 0.356 e. The average molecular weight is 349 g/mol. The summed E-state index contributed by atoms with van der Waals surface area (Å²) in [5, 5.41) is 10.3. The lowest BCUT2D eigenvalue weighted by molar-refractivity contribution is -0.126. The third-order valence-electron chi connectivity index (χ3n) is 6.58. The fourth-order valence-corrected chi connectivity index (χ4v) is 4.55. The first-order valence-corrected chi connectivity index (χ1v) is 10.4. The smallest absolute Gasteiger partial charge is 0.223 e. The summed E-state index contributed by atoms with van der Waals surface area (Å²) in [6.07, 6.45) is 13.2. The molecule has 142 valence electrons. The van der Waals surface area contributed by atoms with E-state index in [2.05, 4.69) is 27.9 Å². The van der Waals surface area contributed by atoms with Crippen molar-refractivity contribution < 1.29 is 4.79 Å². The second-order valence-electron chi connectivity index (χ2n) is 8.47. The van der Waals surface area contributed by atoms with E-state index in [0.29, 0.717) is 17.5 Å². The van der Waals surface area contributed by atoms with Gasteiger partial charge < -0.3 is 16.0 Å². The molecule has 0 aromatic heterocycles. The summed E-state index contributed by atoms with van der Waals surface area (Å²) in [5.41, 5.74) is 0.455. The van der Waals surface area contributed by atoms with E-state index in [1.807, 2.05) is 7.05 Å². The van der Waals surface area contributed by atoms with Gasteiger partial charge in [-0.05, 0) is 56.8 Å². The lowest BCUT2D eigenvalue weighted by Crippen LogP contribution is -2.49. The van der Waals surface area contributed by atoms with Crippen molar-refractivity contribution in [1.29, 1.82) is 0 Å². The molecule has 3 aliphatic carbocycles. The van der Waals surface area contributed by atoms with Crippen LogP contribution in [0.3, 0.4) is 0 Å². The topological polar surface area (TPSA) is 65.5 Å². The van der Waals surface area contributed by atoms with Crippen molar-refractivity contribution in [2.75, 3.05) is 13.6 Å². The number of nitrogens with one attached hydrogen (secondary N) is 3. The molecule has 1 amide bonds. The Hall–Kier alpha value is -1.26. The normalized spacial score (nSPS) is 29.3. The van der Waals surface area contributed by atoms with Gasteiger partial charge in [-0.3, -0.25) is 9.79 Å². The molecular weight excluding hydrogens is 312 g/mol. The van der Waals surface area contributed by atoms with Gasteiger partial charge in [-0.2, -0.15) is 0 Å². The third-order valence-corrected chi connectivity index (χ3v) is 6.58. The Balaban J connectivity index is 1.46. The van der Waals surface area contributed by atoms with Gasteiger partial charge in [0.05, 0.1) is 0 Å². The molecule has 25 heavy (non-hydrogen) atoms. The van der Waals surface area contributed by atoms with E-state index in [0.717, 1.165) is 51.0 Å². The van der Waals surface area contributed by atoms with Crippen LogP contribution in [0.2, 0.25) is 0 Å². The van der Waals surface area contributed by atoms with Crippen LogP contribution in [0, 0.1) is 11.3 Å². The van der Waals surface area contributed by atoms with Crippen molar-refractivity contribution in [3.63, 3.8) is 0 Å². The van der Waals surface area contributed by atoms with Crippen molar-refractivity contribution in [3.8, 4) is 0 Å². The van der Waals surface area contributed by atoms with E-state index in [9.17, 15) is 4.79 Å². The summed E-state index contributed by atoms with van der Waals surface area (Å²) in [7, 11) is 1.85. The van der Waals surface area contributed by atoms with Gasteiger partial charge in [0, 0.05) is 31.6 Å². The number of aliphatic imine (C=N–C) groups is 1. The predicted molar refractivity (Wildman–Crippen MR) is 103 cm³/mol. The van der Waals surface area contributed by atoms with Crippen LogP contribution in [0.25, 0.3) is 0 Å². The van der Waals surface area contributed by atoms with Gasteiger partial charge >= 0.3 is 0 Å². The fourth-order valence-electron chi connectivity index (χ4n) is 4.55. The molecule has 5 nitrogen and oxygen atoms in total. The van der Waals surface area contributed by atoms with Crippen molar-refractivity contribution in [2.45, 2.75) is 89.6 Å². The zero-order chi connectivity index (χ0) is 17.7. The minimum atomic E-state index is 0.168. The van der Waals surface area contributed by atoms with Crippen LogP contribution < -0.4 is 16.0 Å². The predicted octanol–water partition coefficient (Wildman–Crippen LogP) is 2.96. The molecule has 5 heteroatoms. The molecule has 2 atom stereocenters. The van der Waals surface area contributed by atoms with Crippen molar-refractivity contribution >= 4 is 11.9 Å². The number of hydrogen-bond acceptors (Lipinski definition) is 2. The van der Waals surface area contributed by atoms with Crippen LogP contribution >= 0.6 is 0 Å². The molecule has 0 radical (unpaired) electrons. The second kappa shape index (κ2) is 8.41. The molecule has 0 aromatic carbocycles. The lowest BCUT2D eigenvalue weighted by Gasteiger charge is -2.32. The molecule has 3 fully saturated rings. The summed E-state index contributed by atoms with van der Waals surface area (Å²) in [4.78, 5) is 16.8. The Bertz CT molecular complexity index is 480. The van der Waals surface area contributed by atoms with Gasteiger partial charge in [0.25, 0.3) is 0 Å². The second-order valence-corrected chi connectivity index (χ2v) is 8.47. The number of carbonyl (C=O) groups is 1. The van der Waals surface area contributed by atoms with Crippen LogP contribution in [0.5, 0.6) is 0 Å². The highest BCUT2D eigenvalue weighted by atomic mass is 16.2. The molecule has 0 spiro atoms. The van der Waals surface area contributed by atoms with E-state index in [4.69, 9.17) is 0 Å². The number of nitrogens with zero attached hydrogens (tertiary/aromatic N) is 1. The van der Waals surface area contributed by atoms with Crippen molar-refractivity contribution in [2.24, 2.45) is 16.3 Å². The molecule has 3 aliphatic rings. The van der Waals surface area contributed by atoms with Crippen LogP contribution in [0.4, 0.5) is 0 Å². The van der Waals surface area contributed by atoms with E-state index in [1.54, 1.807) is 0 Å². The summed E-state index contributed by atoms with van der Waals surface area (Å²) >= 11 is 0. The molecule has 0 aromatic rings. The molecule has 0 heterocycles. The van der Waals surface area contributed by atoms with E-state index >= 15 is 0 Å². The van der Waals surface area contributed by atoms with Gasteiger partial charge in [0.1, 0.15) is 0 Å². The number of carbonyl (C=O) groups excluding carboxylic acids is 1. The third kappa shape index (κ3) is 5.11. The number of guanidine groups is 1. The SMILES string of the molecule is CCC1(CNC(=NC)NC2CCCC(C(=O)NC3CC3)C2)CCCC1. The molecule has 0 saturated heterocycles. The number of amides is 1. The lowest BCUT2D eigenvalue weighted by atomic mass is 9.83. The fraction of sp³-hybridized carbons (Fsp3) is 0.900. The Morgan fingerprint density at radius 2 is 1.80 bits per heavy atom. The maximum absolute atomic E-state index is 12.3. The summed E-state index contributed by atoms with van der Waals surface area (Å²) < 4.78 is 0. The highest BCUT2D eigenvalue weighted by Gasteiger charge is 2.33. The van der Waals surface area contributed by atoms with Crippen molar-refractivity contribution in [3.05, 3.63) is 0 Å². The Morgan fingerprint density at radius 3 is 2.44 bits per heavy atom. The summed E-state index contributed by atoms with van der Waals surface area (Å²) in [6, 6.07) is 0.822. The Labute approximate surface area is 152 Å². The first kappa shape index (κ1) is 18.5. The molecule has 3 rings (SSSR count). The monoisotopic (exact) mass is 348 g/mol. The number of hydrogen-bond donors (Lipinski definition) is 3. The molecular formula is C20H36N4O. The molecule has 0 bridgehead atoms. The molecule has 3 saturated carbocycles.